The van der Waals surface area contributed by atoms with E-state index in [1.807, 2.05) is 0 Å². The van der Waals surface area contributed by atoms with Gasteiger partial charge in [-0.05, 0) is 23.6 Å². The van der Waals surface area contributed by atoms with Crippen molar-refractivity contribution in [2.24, 2.45) is 0 Å². The van der Waals surface area contributed by atoms with E-state index < -0.39 is 5.97 Å². The van der Waals surface area contributed by atoms with Crippen molar-refractivity contribution in [1.82, 2.24) is 10.5 Å². The molecule has 118 valence electrons. The Bertz CT molecular complexity index is 777. The number of thiophene rings is 1. The smallest absolute Gasteiger partial charge is 0.325 e. The summed E-state index contributed by atoms with van der Waals surface area (Å²) < 4.78 is 15.3. The fourth-order valence-corrected chi connectivity index (χ4v) is 2.41. The third-order valence-electron chi connectivity index (χ3n) is 2.84. The highest BCUT2D eigenvalue weighted by Crippen LogP contribution is 2.20. The van der Waals surface area contributed by atoms with E-state index in [-0.39, 0.29) is 19.1 Å². The molecule has 7 nitrogen and oxygen atoms in total. The second kappa shape index (κ2) is 6.93. The number of nitrogens with one attached hydrogen (secondary N) is 1. The van der Waals surface area contributed by atoms with E-state index in [2.05, 4.69) is 10.5 Å². The van der Waals surface area contributed by atoms with E-state index in [9.17, 15) is 9.59 Å². The van der Waals surface area contributed by atoms with E-state index in [1.54, 1.807) is 35.7 Å². The van der Waals surface area contributed by atoms with Gasteiger partial charge in [0.25, 0.3) is 5.91 Å². The maximum absolute atomic E-state index is 11.7. The topological polar surface area (TPSA) is 94.6 Å². The van der Waals surface area contributed by atoms with Gasteiger partial charge in [0.05, 0.1) is 11.1 Å². The Hall–Kier alpha value is -2.87. The number of furan rings is 1. The third-order valence-corrected chi connectivity index (χ3v) is 3.71. The third kappa shape index (κ3) is 3.86. The number of hydrogen-bond donors (Lipinski definition) is 1. The number of aromatic nitrogens is 1. The van der Waals surface area contributed by atoms with Crippen molar-refractivity contribution in [3.05, 3.63) is 52.5 Å². The normalized spacial score (nSPS) is 10.4. The lowest BCUT2D eigenvalue weighted by Crippen LogP contribution is -2.30. The number of ether oxygens (including phenoxy) is 1. The maximum Gasteiger partial charge on any atom is 0.325 e. The molecule has 0 saturated heterocycles. The Morgan fingerprint density at radius 1 is 1.26 bits per heavy atom. The van der Waals surface area contributed by atoms with Crippen LogP contribution in [-0.4, -0.2) is 23.6 Å². The first-order chi connectivity index (χ1) is 11.2. The van der Waals surface area contributed by atoms with Crippen LogP contribution in [0.25, 0.3) is 11.5 Å². The number of esters is 1. The number of nitrogens with zero attached hydrogens (tertiary/aromatic N) is 1. The summed E-state index contributed by atoms with van der Waals surface area (Å²) in [6.45, 7) is -0.252. The molecule has 23 heavy (non-hydrogen) atoms. The van der Waals surface area contributed by atoms with Crippen LogP contribution in [0.2, 0.25) is 0 Å². The molecule has 0 saturated carbocycles. The lowest BCUT2D eigenvalue weighted by molar-refractivity contribution is -0.143. The predicted octanol–water partition coefficient (Wildman–Crippen LogP) is 2.47. The van der Waals surface area contributed by atoms with Crippen LogP contribution in [-0.2, 0) is 16.1 Å². The summed E-state index contributed by atoms with van der Waals surface area (Å²) in [4.78, 5) is 23.8. The van der Waals surface area contributed by atoms with E-state index in [0.29, 0.717) is 22.1 Å². The first-order valence-corrected chi connectivity index (χ1v) is 7.57. The molecule has 0 fully saturated rings. The maximum atomic E-state index is 11.7. The van der Waals surface area contributed by atoms with Crippen molar-refractivity contribution in [3.8, 4) is 11.5 Å². The lowest BCUT2D eigenvalue weighted by Gasteiger charge is -2.03. The molecule has 0 aromatic carbocycles. The van der Waals surface area contributed by atoms with Gasteiger partial charge in [0, 0.05) is 6.07 Å². The monoisotopic (exact) mass is 332 g/mol. The van der Waals surface area contributed by atoms with Gasteiger partial charge in [-0.3, -0.25) is 9.59 Å². The quantitative estimate of drug-likeness (QED) is 0.697. The van der Waals surface area contributed by atoms with Crippen molar-refractivity contribution in [3.63, 3.8) is 0 Å². The van der Waals surface area contributed by atoms with Crippen LogP contribution in [0.3, 0.4) is 0 Å². The number of hydrogen-bond acceptors (Lipinski definition) is 7. The molecular weight excluding hydrogens is 320 g/mol. The van der Waals surface area contributed by atoms with Crippen LogP contribution in [0.1, 0.15) is 15.4 Å². The zero-order valence-electron chi connectivity index (χ0n) is 11.9. The molecule has 0 aliphatic rings. The minimum absolute atomic E-state index is 0.0437. The molecule has 3 aromatic rings. The predicted molar refractivity (Wildman–Crippen MR) is 80.7 cm³/mol. The molecule has 3 heterocycles. The molecule has 3 rings (SSSR count). The zero-order valence-corrected chi connectivity index (χ0v) is 12.7. The number of carbonyl (C=O) groups excluding carboxylic acids is 2. The highest BCUT2D eigenvalue weighted by atomic mass is 32.1. The van der Waals surface area contributed by atoms with Crippen molar-refractivity contribution < 1.29 is 23.3 Å². The summed E-state index contributed by atoms with van der Waals surface area (Å²) in [5.74, 6) is 0.126. The molecule has 0 bridgehead atoms. The number of carbonyl (C=O) groups is 2. The summed E-state index contributed by atoms with van der Waals surface area (Å²) in [5, 5.41) is 8.06. The molecule has 3 aromatic heterocycles. The van der Waals surface area contributed by atoms with Crippen molar-refractivity contribution in [2.75, 3.05) is 6.54 Å². The van der Waals surface area contributed by atoms with E-state index in [1.165, 1.54) is 17.6 Å². The summed E-state index contributed by atoms with van der Waals surface area (Å²) in [7, 11) is 0. The highest BCUT2D eigenvalue weighted by molar-refractivity contribution is 7.12. The average molecular weight is 332 g/mol. The summed E-state index contributed by atoms with van der Waals surface area (Å²) in [6.07, 6.45) is 1.52. The molecule has 0 aliphatic carbocycles. The summed E-state index contributed by atoms with van der Waals surface area (Å²) >= 11 is 1.30. The summed E-state index contributed by atoms with van der Waals surface area (Å²) in [6, 6.07) is 8.52. The van der Waals surface area contributed by atoms with Gasteiger partial charge in [-0.1, -0.05) is 11.2 Å². The van der Waals surface area contributed by atoms with Crippen molar-refractivity contribution in [1.29, 1.82) is 0 Å². The van der Waals surface area contributed by atoms with E-state index >= 15 is 0 Å². The second-order valence-corrected chi connectivity index (χ2v) is 5.43. The Kier molecular flexibility index (Phi) is 4.53. The average Bonchev–Trinajstić information content (AvgIpc) is 3.32. The van der Waals surface area contributed by atoms with Crippen LogP contribution in [0.15, 0.2) is 50.9 Å². The molecule has 0 unspecified atom stereocenters. The molecule has 1 amide bonds. The Morgan fingerprint density at radius 2 is 2.17 bits per heavy atom. The minimum atomic E-state index is -0.558. The Labute approximate surface area is 134 Å². The van der Waals surface area contributed by atoms with Gasteiger partial charge in [-0.25, -0.2) is 0 Å². The first-order valence-electron chi connectivity index (χ1n) is 6.69. The van der Waals surface area contributed by atoms with Crippen molar-refractivity contribution in [2.45, 2.75) is 6.61 Å². The molecule has 0 radical (unpaired) electrons. The van der Waals surface area contributed by atoms with Crippen LogP contribution in [0.4, 0.5) is 0 Å². The van der Waals surface area contributed by atoms with Gasteiger partial charge in [0.15, 0.2) is 5.76 Å². The second-order valence-electron chi connectivity index (χ2n) is 4.48. The van der Waals surface area contributed by atoms with Gasteiger partial charge < -0.3 is 19.0 Å². The number of rotatable bonds is 6. The van der Waals surface area contributed by atoms with Crippen LogP contribution < -0.4 is 5.32 Å². The van der Waals surface area contributed by atoms with E-state index in [0.717, 1.165) is 0 Å². The van der Waals surface area contributed by atoms with Gasteiger partial charge in [-0.2, -0.15) is 0 Å². The zero-order chi connectivity index (χ0) is 16.1. The Morgan fingerprint density at radius 3 is 2.91 bits per heavy atom. The molecule has 0 aliphatic heterocycles. The van der Waals surface area contributed by atoms with E-state index in [4.69, 9.17) is 13.7 Å². The van der Waals surface area contributed by atoms with Gasteiger partial charge >= 0.3 is 5.97 Å². The van der Waals surface area contributed by atoms with Crippen molar-refractivity contribution >= 4 is 23.2 Å². The molecular formula is C15H12N2O5S. The van der Waals surface area contributed by atoms with Crippen LogP contribution >= 0.6 is 11.3 Å². The fourth-order valence-electron chi connectivity index (χ4n) is 1.77. The fraction of sp³-hybridized carbons (Fsp3) is 0.133. The minimum Gasteiger partial charge on any atom is -0.461 e. The molecule has 8 heteroatoms. The molecule has 0 spiro atoms. The highest BCUT2D eigenvalue weighted by Gasteiger charge is 2.12. The number of amides is 1. The SMILES string of the molecule is O=C(CNC(=O)c1cccs1)OCc1cc(-c2ccco2)on1. The molecule has 1 N–H and O–H groups in total. The largest absolute Gasteiger partial charge is 0.461 e. The summed E-state index contributed by atoms with van der Waals surface area (Å²) in [5.41, 5.74) is 0.453. The molecule has 0 atom stereocenters. The van der Waals surface area contributed by atoms with Gasteiger partial charge in [0.2, 0.25) is 5.76 Å². The van der Waals surface area contributed by atoms with Gasteiger partial charge in [0.1, 0.15) is 18.8 Å². The van der Waals surface area contributed by atoms with Crippen LogP contribution in [0.5, 0.6) is 0 Å². The Balaban J connectivity index is 1.45. The standard InChI is InChI=1S/C15H12N2O5S/c18-14(8-16-15(19)13-4-2-6-23-13)21-9-10-7-12(22-17-10)11-3-1-5-20-11/h1-7H,8-9H2,(H,16,19). The first kappa shape index (κ1) is 15.0. The van der Waals surface area contributed by atoms with Crippen LogP contribution in [0, 0.1) is 0 Å². The lowest BCUT2D eigenvalue weighted by atomic mass is 10.3. The van der Waals surface area contributed by atoms with Gasteiger partial charge in [-0.15, -0.1) is 11.3 Å².